The van der Waals surface area contributed by atoms with Crippen LogP contribution in [0.4, 0.5) is 0 Å². The number of hydrogen-bond donors (Lipinski definition) is 0. The van der Waals surface area contributed by atoms with Gasteiger partial charge < -0.3 is 4.57 Å². The largest absolute Gasteiger partial charge is 0.308 e. The van der Waals surface area contributed by atoms with Crippen molar-refractivity contribution in [2.24, 2.45) is 0 Å². The number of aromatic nitrogens is 4. The minimum absolute atomic E-state index is 0.607. The average molecular weight is 965 g/mol. The van der Waals surface area contributed by atoms with Crippen LogP contribution in [-0.2, 0) is 5.41 Å². The van der Waals surface area contributed by atoms with Crippen LogP contribution in [-0.4, -0.2) is 19.5 Å². The lowest BCUT2D eigenvalue weighted by atomic mass is 9.66. The third-order valence-electron chi connectivity index (χ3n) is 16.2. The molecule has 0 saturated heterocycles. The predicted octanol–water partition coefficient (Wildman–Crippen LogP) is 18.0. The zero-order valence-corrected chi connectivity index (χ0v) is 41.2. The topological polar surface area (TPSA) is 43.6 Å². The van der Waals surface area contributed by atoms with Gasteiger partial charge in [-0.3, -0.25) is 0 Å². The van der Waals surface area contributed by atoms with Gasteiger partial charge in [0.05, 0.1) is 22.1 Å². The molecule has 2 aliphatic rings. The zero-order chi connectivity index (χ0) is 49.9. The zero-order valence-electron chi connectivity index (χ0n) is 41.2. The Morgan fingerprint density at radius 3 is 1.45 bits per heavy atom. The lowest BCUT2D eigenvalue weighted by Crippen LogP contribution is -2.28. The maximum absolute atomic E-state index is 5.65. The molecule has 2 aromatic heterocycles. The quantitative estimate of drug-likeness (QED) is 0.160. The van der Waals surface area contributed by atoms with Crippen molar-refractivity contribution in [1.29, 1.82) is 0 Å². The summed E-state index contributed by atoms with van der Waals surface area (Å²) in [5.41, 5.74) is 19.6. The Bertz CT molecular complexity index is 4550. The Morgan fingerprint density at radius 2 is 0.789 bits per heavy atom. The molecule has 0 unspecified atom stereocenters. The molecule has 0 amide bonds. The predicted molar refractivity (Wildman–Crippen MR) is 313 cm³/mol. The highest BCUT2D eigenvalue weighted by Gasteiger charge is 2.50. The molecule has 0 N–H and O–H groups in total. The molecule has 16 rings (SSSR count). The fourth-order valence-electron chi connectivity index (χ4n) is 12.9. The van der Waals surface area contributed by atoms with Gasteiger partial charge in [0.25, 0.3) is 0 Å². The molecule has 0 saturated carbocycles. The summed E-state index contributed by atoms with van der Waals surface area (Å²) in [5, 5.41) is 7.29. The number of benzene rings is 12. The first-order valence-corrected chi connectivity index (χ1v) is 26.1. The second-order valence-electron chi connectivity index (χ2n) is 20.2. The van der Waals surface area contributed by atoms with Crippen molar-refractivity contribution in [1.82, 2.24) is 19.5 Å². The van der Waals surface area contributed by atoms with Gasteiger partial charge in [0.2, 0.25) is 0 Å². The van der Waals surface area contributed by atoms with Crippen molar-refractivity contribution in [3.8, 4) is 84.4 Å². The molecule has 14 aromatic rings. The fourth-order valence-corrected chi connectivity index (χ4v) is 12.9. The Labute approximate surface area is 439 Å². The van der Waals surface area contributed by atoms with Crippen molar-refractivity contribution < 1.29 is 0 Å². The third-order valence-corrected chi connectivity index (χ3v) is 16.2. The summed E-state index contributed by atoms with van der Waals surface area (Å²) in [6.45, 7) is 0. The molecule has 76 heavy (non-hydrogen) atoms. The van der Waals surface area contributed by atoms with Gasteiger partial charge in [0.1, 0.15) is 0 Å². The number of para-hydroxylation sites is 2. The Kier molecular flexibility index (Phi) is 9.22. The second kappa shape index (κ2) is 16.5. The van der Waals surface area contributed by atoms with E-state index < -0.39 is 5.41 Å². The summed E-state index contributed by atoms with van der Waals surface area (Å²) in [6, 6.07) is 97.4. The maximum atomic E-state index is 5.65. The van der Waals surface area contributed by atoms with Crippen LogP contribution in [0, 0.1) is 0 Å². The normalized spacial score (nSPS) is 12.8. The monoisotopic (exact) mass is 964 g/mol. The summed E-state index contributed by atoms with van der Waals surface area (Å²) < 4.78 is 2.54. The molecule has 1 aliphatic heterocycles. The van der Waals surface area contributed by atoms with Crippen LogP contribution in [0.2, 0.25) is 0 Å². The molecular weight excluding hydrogens is 921 g/mol. The van der Waals surface area contributed by atoms with Gasteiger partial charge >= 0.3 is 0 Å². The summed E-state index contributed by atoms with van der Waals surface area (Å²) >= 11 is 0. The Morgan fingerprint density at radius 1 is 0.289 bits per heavy atom. The molecule has 1 aliphatic carbocycles. The number of hydrogen-bond acceptors (Lipinski definition) is 3. The van der Waals surface area contributed by atoms with Crippen molar-refractivity contribution in [3.63, 3.8) is 0 Å². The van der Waals surface area contributed by atoms with Crippen LogP contribution in [0.3, 0.4) is 0 Å². The van der Waals surface area contributed by atoms with Gasteiger partial charge in [-0.05, 0) is 114 Å². The van der Waals surface area contributed by atoms with Gasteiger partial charge in [0, 0.05) is 44.2 Å². The molecule has 4 nitrogen and oxygen atoms in total. The average Bonchev–Trinajstić information content (AvgIpc) is 3.96. The van der Waals surface area contributed by atoms with Crippen LogP contribution in [0.5, 0.6) is 0 Å². The van der Waals surface area contributed by atoms with E-state index in [1.807, 2.05) is 6.07 Å². The van der Waals surface area contributed by atoms with Crippen LogP contribution in [0.25, 0.3) is 128 Å². The lowest BCUT2D eigenvalue weighted by molar-refractivity contribution is 0.772. The van der Waals surface area contributed by atoms with E-state index in [1.54, 1.807) is 0 Å². The highest BCUT2D eigenvalue weighted by molar-refractivity contribution is 6.20. The number of fused-ring (bicyclic) bond motifs is 8. The molecule has 0 fully saturated rings. The molecule has 0 radical (unpaired) electrons. The molecule has 0 spiro atoms. The summed E-state index contributed by atoms with van der Waals surface area (Å²) in [6.07, 6.45) is 0. The molecule has 12 aromatic carbocycles. The first kappa shape index (κ1) is 42.5. The van der Waals surface area contributed by atoms with Crippen LogP contribution in [0.15, 0.2) is 267 Å². The molecule has 3 heterocycles. The highest BCUT2D eigenvalue weighted by Crippen LogP contribution is 2.64. The summed E-state index contributed by atoms with van der Waals surface area (Å²) in [4.78, 5) is 16.6. The van der Waals surface area contributed by atoms with Crippen molar-refractivity contribution in [2.45, 2.75) is 5.41 Å². The van der Waals surface area contributed by atoms with E-state index in [0.717, 1.165) is 55.8 Å². The van der Waals surface area contributed by atoms with Gasteiger partial charge in [-0.25, -0.2) is 15.0 Å². The third kappa shape index (κ3) is 6.22. The highest BCUT2D eigenvalue weighted by atomic mass is 15.0. The summed E-state index contributed by atoms with van der Waals surface area (Å²) in [5.74, 6) is 1.83. The fraction of sp³-hybridized carbons (Fsp3) is 0.0139. The number of nitrogens with zero attached hydrogens (tertiary/aromatic N) is 4. The summed E-state index contributed by atoms with van der Waals surface area (Å²) in [7, 11) is 0. The smallest absolute Gasteiger partial charge is 0.164 e. The molecule has 4 heteroatoms. The van der Waals surface area contributed by atoms with Crippen molar-refractivity contribution in [3.05, 3.63) is 289 Å². The van der Waals surface area contributed by atoms with Crippen molar-refractivity contribution in [2.75, 3.05) is 0 Å². The Balaban J connectivity index is 1.05. The van der Waals surface area contributed by atoms with E-state index >= 15 is 0 Å². The van der Waals surface area contributed by atoms with Crippen LogP contribution >= 0.6 is 0 Å². The van der Waals surface area contributed by atoms with E-state index in [1.165, 1.54) is 76.7 Å². The van der Waals surface area contributed by atoms with Crippen LogP contribution < -0.4 is 0 Å². The van der Waals surface area contributed by atoms with E-state index in [9.17, 15) is 0 Å². The number of rotatable bonds is 7. The van der Waals surface area contributed by atoms with Gasteiger partial charge in [0.15, 0.2) is 17.5 Å². The van der Waals surface area contributed by atoms with Crippen LogP contribution in [0.1, 0.15) is 22.3 Å². The SMILES string of the molecule is c1ccc(-c2cc(-c3ccccc3)cc(-c3nc(-c4ccccc4)nc(-c4ccc5c6c4-c4ccccc4-n4c7ccccc7c7ccc(c-6c74)C5(c4ccc5ccccc5c4)c4ccc5ccccc5c4)n3)c2)cc1. The maximum Gasteiger partial charge on any atom is 0.164 e. The molecule has 0 bridgehead atoms. The molecule has 0 atom stereocenters. The van der Waals surface area contributed by atoms with E-state index in [2.05, 4.69) is 265 Å². The lowest BCUT2D eigenvalue weighted by Gasteiger charge is -2.35. The first-order chi connectivity index (χ1) is 37.7. The second-order valence-corrected chi connectivity index (χ2v) is 20.2. The minimum atomic E-state index is -0.723. The van der Waals surface area contributed by atoms with Gasteiger partial charge in [-0.1, -0.05) is 224 Å². The van der Waals surface area contributed by atoms with Gasteiger partial charge in [-0.15, -0.1) is 0 Å². The van der Waals surface area contributed by atoms with Crippen molar-refractivity contribution >= 4 is 43.4 Å². The first-order valence-electron chi connectivity index (χ1n) is 26.1. The van der Waals surface area contributed by atoms with E-state index in [-0.39, 0.29) is 0 Å². The Hall–Kier alpha value is -10.0. The standard InChI is InChI=1S/C72H44N4/c1-4-18-45(19-5-1)52-40-53(46-20-6-2-7-21-46)42-54(41-52)70-73-69(49-24-8-3-9-25-49)74-71(75-70)60-37-39-61-66-65(60)59-29-15-17-31-64(59)76-63-30-16-14-28-57(63)58-36-38-62(67(66)68(58)76)72(61,55-34-32-47-22-10-12-26-50(47)43-55)56-35-33-48-23-11-13-27-51(48)44-56/h1-44H. The molecule has 352 valence electrons. The van der Waals surface area contributed by atoms with E-state index in [4.69, 9.17) is 15.0 Å². The minimum Gasteiger partial charge on any atom is -0.308 e. The van der Waals surface area contributed by atoms with E-state index in [0.29, 0.717) is 17.5 Å². The van der Waals surface area contributed by atoms with Gasteiger partial charge in [-0.2, -0.15) is 0 Å². The molecular formula is C72H44N4.